The maximum Gasteiger partial charge on any atom is 0.394 e. The largest absolute Gasteiger partial charge is 0.429 e. The lowest BCUT2D eigenvalue weighted by Crippen LogP contribution is -2.65. The Kier molecular flexibility index (Phi) is 5.16. The van der Waals surface area contributed by atoms with Crippen LogP contribution in [0.1, 0.15) is 13.3 Å². The monoisotopic (exact) mass is 316 g/mol. The van der Waals surface area contributed by atoms with Crippen molar-refractivity contribution in [1.82, 2.24) is 0 Å². The van der Waals surface area contributed by atoms with Gasteiger partial charge in [0, 0.05) is 0 Å². The van der Waals surface area contributed by atoms with E-state index in [4.69, 9.17) is 4.12 Å². The summed E-state index contributed by atoms with van der Waals surface area (Å²) >= 11 is 0. The molecule has 0 aliphatic carbocycles. The highest BCUT2D eigenvalue weighted by Gasteiger charge is 2.43. The van der Waals surface area contributed by atoms with Crippen molar-refractivity contribution in [3.8, 4) is 0 Å². The smallest absolute Gasteiger partial charge is 0.394 e. The molecule has 0 aromatic heterocycles. The molecule has 0 unspecified atom stereocenters. The van der Waals surface area contributed by atoms with Crippen LogP contribution in [0.5, 0.6) is 0 Å². The summed E-state index contributed by atoms with van der Waals surface area (Å²) in [5.41, 5.74) is 0. The molecule has 0 aliphatic rings. The van der Waals surface area contributed by atoms with E-state index in [1.807, 2.05) is 60.7 Å². The second kappa shape index (κ2) is 6.70. The third-order valence-corrected chi connectivity index (χ3v) is 10.9. The normalized spacial score (nSPS) is 12.4. The molecule has 0 spiro atoms. The van der Waals surface area contributed by atoms with Crippen LogP contribution in [-0.2, 0) is 4.12 Å². The van der Waals surface area contributed by atoms with E-state index in [2.05, 4.69) is 20.0 Å². The van der Waals surface area contributed by atoms with Gasteiger partial charge in [0.1, 0.15) is 0 Å². The minimum absolute atomic E-state index is 0.924. The summed E-state index contributed by atoms with van der Waals surface area (Å²) in [5, 5.41) is 1.85. The van der Waals surface area contributed by atoms with Crippen molar-refractivity contribution in [3.63, 3.8) is 0 Å². The SMILES string of the molecule is CCC[Si](C)(C)O[Si](O)(c1ccccc1)c1ccccc1. The van der Waals surface area contributed by atoms with Crippen LogP contribution < -0.4 is 10.4 Å². The summed E-state index contributed by atoms with van der Waals surface area (Å²) in [5.74, 6) is 0. The Bertz CT molecular complexity index is 516. The summed E-state index contributed by atoms with van der Waals surface area (Å²) in [6.45, 7) is 6.56. The van der Waals surface area contributed by atoms with Crippen LogP contribution in [0, 0.1) is 0 Å². The average Bonchev–Trinajstić information content (AvgIpc) is 2.48. The first-order chi connectivity index (χ1) is 9.98. The molecule has 0 fully saturated rings. The molecule has 2 nitrogen and oxygen atoms in total. The van der Waals surface area contributed by atoms with Crippen LogP contribution in [0.25, 0.3) is 0 Å². The Morgan fingerprint density at radius 2 is 1.29 bits per heavy atom. The second-order valence-electron chi connectivity index (χ2n) is 5.99. The van der Waals surface area contributed by atoms with E-state index in [1.54, 1.807) is 0 Å². The second-order valence-corrected chi connectivity index (χ2v) is 13.3. The lowest BCUT2D eigenvalue weighted by Gasteiger charge is -2.34. The summed E-state index contributed by atoms with van der Waals surface area (Å²) in [4.78, 5) is 11.5. The van der Waals surface area contributed by atoms with Gasteiger partial charge in [-0.25, -0.2) is 0 Å². The van der Waals surface area contributed by atoms with Crippen molar-refractivity contribution in [1.29, 1.82) is 0 Å². The minimum atomic E-state index is -3.11. The summed E-state index contributed by atoms with van der Waals surface area (Å²) < 4.78 is 6.47. The van der Waals surface area contributed by atoms with E-state index in [0.29, 0.717) is 0 Å². The maximum absolute atomic E-state index is 11.5. The molecule has 112 valence electrons. The zero-order valence-corrected chi connectivity index (χ0v) is 15.0. The van der Waals surface area contributed by atoms with Gasteiger partial charge >= 0.3 is 8.56 Å². The maximum atomic E-state index is 11.5. The molecule has 0 saturated carbocycles. The van der Waals surface area contributed by atoms with Crippen LogP contribution in [0.4, 0.5) is 0 Å². The lowest BCUT2D eigenvalue weighted by atomic mass is 10.4. The molecule has 2 aromatic rings. The fraction of sp³-hybridized carbons (Fsp3) is 0.294. The highest BCUT2D eigenvalue weighted by atomic mass is 28.4. The molecule has 0 saturated heterocycles. The molecule has 0 atom stereocenters. The summed E-state index contributed by atoms with van der Waals surface area (Å²) in [6, 6.07) is 20.8. The molecule has 0 aliphatic heterocycles. The van der Waals surface area contributed by atoms with Crippen LogP contribution in [0.2, 0.25) is 19.1 Å². The molecule has 4 heteroatoms. The zero-order chi connectivity index (χ0) is 15.3. The van der Waals surface area contributed by atoms with Gasteiger partial charge in [0.2, 0.25) is 0 Å². The van der Waals surface area contributed by atoms with Gasteiger partial charge in [-0.15, -0.1) is 0 Å². The number of benzene rings is 2. The minimum Gasteiger partial charge on any atom is -0.429 e. The molecule has 21 heavy (non-hydrogen) atoms. The first-order valence-corrected chi connectivity index (χ1v) is 12.5. The number of hydrogen-bond acceptors (Lipinski definition) is 2. The highest BCUT2D eigenvalue weighted by molar-refractivity contribution is 6.97. The van der Waals surface area contributed by atoms with Gasteiger partial charge in [-0.1, -0.05) is 74.0 Å². The topological polar surface area (TPSA) is 29.5 Å². The first kappa shape index (κ1) is 16.2. The van der Waals surface area contributed by atoms with E-state index in [1.165, 1.54) is 0 Å². The molecular weight excluding hydrogens is 292 g/mol. The van der Waals surface area contributed by atoms with Crippen molar-refractivity contribution in [2.75, 3.05) is 0 Å². The van der Waals surface area contributed by atoms with E-state index < -0.39 is 16.9 Å². The van der Waals surface area contributed by atoms with E-state index in [9.17, 15) is 4.80 Å². The highest BCUT2D eigenvalue weighted by Crippen LogP contribution is 2.18. The Balaban J connectivity index is 2.45. The van der Waals surface area contributed by atoms with Gasteiger partial charge in [0.25, 0.3) is 0 Å². The predicted octanol–water partition coefficient (Wildman–Crippen LogP) is 2.87. The van der Waals surface area contributed by atoms with Gasteiger partial charge in [-0.05, 0) is 29.5 Å². The van der Waals surface area contributed by atoms with Crippen LogP contribution >= 0.6 is 0 Å². The molecule has 0 amide bonds. The van der Waals surface area contributed by atoms with Crippen molar-refractivity contribution in [2.45, 2.75) is 32.5 Å². The number of rotatable bonds is 6. The van der Waals surface area contributed by atoms with Crippen LogP contribution in [0.15, 0.2) is 60.7 Å². The molecule has 2 rings (SSSR count). The van der Waals surface area contributed by atoms with E-state index in [0.717, 1.165) is 22.8 Å². The summed E-state index contributed by atoms with van der Waals surface area (Å²) in [6.07, 6.45) is 1.09. The van der Waals surface area contributed by atoms with Crippen LogP contribution in [-0.4, -0.2) is 21.7 Å². The van der Waals surface area contributed by atoms with Crippen molar-refractivity contribution >= 4 is 27.3 Å². The van der Waals surface area contributed by atoms with Gasteiger partial charge < -0.3 is 8.91 Å². The Labute approximate surface area is 129 Å². The number of hydrogen-bond donors (Lipinski definition) is 1. The Morgan fingerprint density at radius 1 is 0.857 bits per heavy atom. The predicted molar refractivity (Wildman–Crippen MR) is 93.8 cm³/mol. The fourth-order valence-electron chi connectivity index (χ4n) is 2.67. The molecular formula is C17H24O2Si2. The lowest BCUT2D eigenvalue weighted by molar-refractivity contribution is 0.403. The standard InChI is InChI=1S/C17H24O2Si2/c1-4-15-20(2,3)19-21(18,16-11-7-5-8-12-16)17-13-9-6-10-14-17/h5-14,18H,4,15H2,1-3H3. The fourth-order valence-corrected chi connectivity index (χ4v) is 10.0. The van der Waals surface area contributed by atoms with Crippen molar-refractivity contribution < 1.29 is 8.91 Å². The van der Waals surface area contributed by atoms with Crippen LogP contribution in [0.3, 0.4) is 0 Å². The Morgan fingerprint density at radius 3 is 1.67 bits per heavy atom. The van der Waals surface area contributed by atoms with E-state index >= 15 is 0 Å². The molecule has 0 heterocycles. The molecule has 2 aromatic carbocycles. The van der Waals surface area contributed by atoms with Crippen molar-refractivity contribution in [3.05, 3.63) is 60.7 Å². The molecule has 0 bridgehead atoms. The third kappa shape index (κ3) is 3.92. The average molecular weight is 317 g/mol. The zero-order valence-electron chi connectivity index (χ0n) is 13.0. The Hall–Kier alpha value is -1.21. The third-order valence-electron chi connectivity index (χ3n) is 3.61. The molecule has 1 N–H and O–H groups in total. The van der Waals surface area contributed by atoms with Gasteiger partial charge in [0.05, 0.1) is 0 Å². The van der Waals surface area contributed by atoms with Gasteiger partial charge in [0.15, 0.2) is 8.32 Å². The van der Waals surface area contributed by atoms with Gasteiger partial charge in [-0.3, -0.25) is 0 Å². The molecule has 0 radical (unpaired) electrons. The van der Waals surface area contributed by atoms with Crippen molar-refractivity contribution in [2.24, 2.45) is 0 Å². The van der Waals surface area contributed by atoms with E-state index in [-0.39, 0.29) is 0 Å². The first-order valence-electron chi connectivity index (χ1n) is 7.51. The van der Waals surface area contributed by atoms with Gasteiger partial charge in [-0.2, -0.15) is 0 Å². The summed E-state index contributed by atoms with van der Waals surface area (Å²) in [7, 11) is -5.01. The quantitative estimate of drug-likeness (QED) is 0.831.